The molecule has 4 aromatic heterocycles. The van der Waals surface area contributed by atoms with Crippen molar-refractivity contribution in [2.24, 2.45) is 0 Å². The van der Waals surface area contributed by atoms with E-state index >= 15 is 0 Å². The molecule has 0 aliphatic carbocycles. The molecule has 246 valence electrons. The second kappa shape index (κ2) is 11.1. The van der Waals surface area contributed by atoms with Crippen LogP contribution in [0.2, 0.25) is 0 Å². The summed E-state index contributed by atoms with van der Waals surface area (Å²) in [6, 6.07) is 59.1. The van der Waals surface area contributed by atoms with E-state index in [-0.39, 0.29) is 0 Å². The Kier molecular flexibility index (Phi) is 6.09. The molecule has 12 aromatic rings. The summed E-state index contributed by atoms with van der Waals surface area (Å²) in [4.78, 5) is 12.2. The summed E-state index contributed by atoms with van der Waals surface area (Å²) in [5.41, 5.74) is 6.64. The molecule has 0 saturated heterocycles. The van der Waals surface area contributed by atoms with Gasteiger partial charge in [-0.2, -0.15) is 0 Å². The second-order valence-electron chi connectivity index (χ2n) is 13.7. The van der Waals surface area contributed by atoms with E-state index in [0.29, 0.717) is 5.95 Å². The predicted molar refractivity (Wildman–Crippen MR) is 228 cm³/mol. The smallest absolute Gasteiger partial charge is 0.236 e. The first-order chi connectivity index (χ1) is 26.3. The van der Waals surface area contributed by atoms with Crippen molar-refractivity contribution in [2.45, 2.75) is 0 Å². The molecule has 5 heteroatoms. The number of fused-ring (bicyclic) bond motifs is 15. The summed E-state index contributed by atoms with van der Waals surface area (Å²) in [5, 5.41) is 12.3. The summed E-state index contributed by atoms with van der Waals surface area (Å²) in [6.07, 6.45) is 0. The van der Waals surface area contributed by atoms with Gasteiger partial charge in [-0.25, -0.2) is 9.97 Å². The van der Waals surface area contributed by atoms with Gasteiger partial charge in [0.15, 0.2) is 0 Å². The Morgan fingerprint density at radius 3 is 1.96 bits per heavy atom. The van der Waals surface area contributed by atoms with E-state index in [2.05, 4.69) is 168 Å². The largest absolute Gasteiger partial charge is 0.276 e. The molecule has 4 heterocycles. The van der Waals surface area contributed by atoms with E-state index in [0.717, 1.165) is 38.1 Å². The normalized spacial score (nSPS) is 12.2. The van der Waals surface area contributed by atoms with E-state index in [1.165, 1.54) is 68.1 Å². The van der Waals surface area contributed by atoms with Crippen LogP contribution in [-0.2, 0) is 0 Å². The molecule has 0 aliphatic rings. The van der Waals surface area contributed by atoms with Crippen molar-refractivity contribution in [3.63, 3.8) is 0 Å². The minimum Gasteiger partial charge on any atom is -0.276 e. The molecular weight excluding hydrogens is 683 g/mol. The number of hydrogen-bond donors (Lipinski definition) is 0. The van der Waals surface area contributed by atoms with Gasteiger partial charge < -0.3 is 0 Å². The molecule has 0 N–H and O–H groups in total. The molecule has 0 bridgehead atoms. The van der Waals surface area contributed by atoms with Crippen LogP contribution >= 0.6 is 22.7 Å². The highest BCUT2D eigenvalue weighted by Crippen LogP contribution is 2.48. The number of aromatic nitrogens is 3. The van der Waals surface area contributed by atoms with Gasteiger partial charge in [0.1, 0.15) is 4.83 Å². The average Bonchev–Trinajstić information content (AvgIpc) is 3.91. The van der Waals surface area contributed by atoms with Crippen LogP contribution in [0, 0.1) is 0 Å². The van der Waals surface area contributed by atoms with Crippen molar-refractivity contribution in [3.05, 3.63) is 164 Å². The third-order valence-corrected chi connectivity index (χ3v) is 13.1. The molecule has 0 atom stereocenters. The van der Waals surface area contributed by atoms with E-state index in [4.69, 9.17) is 9.97 Å². The van der Waals surface area contributed by atoms with Gasteiger partial charge in [0.25, 0.3) is 0 Å². The van der Waals surface area contributed by atoms with Gasteiger partial charge >= 0.3 is 0 Å². The SMILES string of the molecule is c1ccc(-c2cccc(-c3nc(-n4c5ccccc5c5c6ccccc6c6c7ccccc7sc6c54)nc4sc5c6ccccc6ccc5c34)c2)cc1. The molecule has 0 fully saturated rings. The maximum atomic E-state index is 5.66. The van der Waals surface area contributed by atoms with Crippen LogP contribution in [0.5, 0.6) is 0 Å². The van der Waals surface area contributed by atoms with Crippen molar-refractivity contribution < 1.29 is 0 Å². The lowest BCUT2D eigenvalue weighted by molar-refractivity contribution is 1.02. The first-order valence-corrected chi connectivity index (χ1v) is 19.5. The molecule has 0 amide bonds. The van der Waals surface area contributed by atoms with E-state index in [1.807, 2.05) is 11.3 Å². The Labute approximate surface area is 311 Å². The van der Waals surface area contributed by atoms with Crippen LogP contribution in [0.3, 0.4) is 0 Å². The molecule has 0 spiro atoms. The maximum absolute atomic E-state index is 5.66. The Bertz CT molecular complexity index is 3460. The molecule has 0 aliphatic heterocycles. The van der Waals surface area contributed by atoms with Crippen molar-refractivity contribution in [2.75, 3.05) is 0 Å². The van der Waals surface area contributed by atoms with Crippen LogP contribution in [-0.4, -0.2) is 14.5 Å². The van der Waals surface area contributed by atoms with Crippen LogP contribution in [0.1, 0.15) is 0 Å². The van der Waals surface area contributed by atoms with Crippen molar-refractivity contribution in [3.8, 4) is 28.3 Å². The predicted octanol–water partition coefficient (Wildman–Crippen LogP) is 13.9. The number of nitrogens with zero attached hydrogens (tertiary/aromatic N) is 3. The number of thiophene rings is 2. The number of para-hydroxylation sites is 1. The Hall–Kier alpha value is -6.40. The van der Waals surface area contributed by atoms with E-state index < -0.39 is 0 Å². The molecule has 3 nitrogen and oxygen atoms in total. The maximum Gasteiger partial charge on any atom is 0.236 e. The summed E-state index contributed by atoms with van der Waals surface area (Å²) in [7, 11) is 0. The summed E-state index contributed by atoms with van der Waals surface area (Å²) >= 11 is 3.64. The fourth-order valence-electron chi connectivity index (χ4n) is 8.51. The Morgan fingerprint density at radius 2 is 1.09 bits per heavy atom. The lowest BCUT2D eigenvalue weighted by atomic mass is 9.99. The monoisotopic (exact) mass is 709 g/mol. The zero-order valence-electron chi connectivity index (χ0n) is 28.2. The van der Waals surface area contributed by atoms with E-state index in [9.17, 15) is 0 Å². The first kappa shape index (κ1) is 29.2. The van der Waals surface area contributed by atoms with Crippen molar-refractivity contribution >= 4 is 106 Å². The minimum absolute atomic E-state index is 0.689. The van der Waals surface area contributed by atoms with Crippen LogP contribution < -0.4 is 0 Å². The van der Waals surface area contributed by atoms with Crippen molar-refractivity contribution in [1.82, 2.24) is 14.5 Å². The lowest BCUT2D eigenvalue weighted by Crippen LogP contribution is -2.03. The van der Waals surface area contributed by atoms with Gasteiger partial charge in [-0.15, -0.1) is 22.7 Å². The highest BCUT2D eigenvalue weighted by molar-refractivity contribution is 7.27. The van der Waals surface area contributed by atoms with E-state index in [1.54, 1.807) is 11.3 Å². The first-order valence-electron chi connectivity index (χ1n) is 17.8. The summed E-state index contributed by atoms with van der Waals surface area (Å²) in [6.45, 7) is 0. The number of benzene rings is 8. The Morgan fingerprint density at radius 1 is 0.415 bits per heavy atom. The molecule has 0 radical (unpaired) electrons. The molecule has 0 unspecified atom stereocenters. The van der Waals surface area contributed by atoms with Crippen LogP contribution in [0.15, 0.2) is 164 Å². The summed E-state index contributed by atoms with van der Waals surface area (Å²) < 4.78 is 6.13. The average molecular weight is 710 g/mol. The second-order valence-corrected chi connectivity index (χ2v) is 15.7. The number of rotatable bonds is 3. The summed E-state index contributed by atoms with van der Waals surface area (Å²) in [5.74, 6) is 0.689. The zero-order valence-corrected chi connectivity index (χ0v) is 29.9. The van der Waals surface area contributed by atoms with Gasteiger partial charge in [-0.05, 0) is 50.9 Å². The highest BCUT2D eigenvalue weighted by atomic mass is 32.1. The molecule has 53 heavy (non-hydrogen) atoms. The third-order valence-electron chi connectivity index (χ3n) is 10.8. The standard InChI is InChI=1S/C48H27N3S2/c1-2-13-28(14-3-1)30-16-12-17-31(27-30)43-42-37-26-25-29-15-4-5-18-32(29)45(37)53-47(42)50-48(49-43)51-38-23-10-8-21-35(38)40-33-19-6-7-20-34(33)41-36-22-9-11-24-39(36)52-46(41)44(40)51/h1-27H. The Balaban J connectivity index is 1.26. The van der Waals surface area contributed by atoms with Crippen LogP contribution in [0.4, 0.5) is 0 Å². The van der Waals surface area contributed by atoms with Gasteiger partial charge in [-0.3, -0.25) is 4.57 Å². The molecule has 0 saturated carbocycles. The lowest BCUT2D eigenvalue weighted by Gasteiger charge is -2.12. The van der Waals surface area contributed by atoms with Gasteiger partial charge in [-0.1, -0.05) is 146 Å². The number of hydrogen-bond acceptors (Lipinski definition) is 4. The molecule has 8 aromatic carbocycles. The fourth-order valence-corrected chi connectivity index (χ4v) is 11.0. The quantitative estimate of drug-likeness (QED) is 0.183. The van der Waals surface area contributed by atoms with Crippen molar-refractivity contribution in [1.29, 1.82) is 0 Å². The topological polar surface area (TPSA) is 30.7 Å². The van der Waals surface area contributed by atoms with Gasteiger partial charge in [0.2, 0.25) is 5.95 Å². The van der Waals surface area contributed by atoms with Gasteiger partial charge in [0, 0.05) is 47.3 Å². The van der Waals surface area contributed by atoms with Crippen LogP contribution in [0.25, 0.3) is 112 Å². The molecule has 12 rings (SSSR count). The zero-order chi connectivity index (χ0) is 34.6. The highest BCUT2D eigenvalue weighted by Gasteiger charge is 2.25. The fraction of sp³-hybridized carbons (Fsp3) is 0. The van der Waals surface area contributed by atoms with Gasteiger partial charge in [0.05, 0.1) is 21.4 Å². The molecular formula is C48H27N3S2. The minimum atomic E-state index is 0.689. The third kappa shape index (κ3) is 4.15.